The first-order valence-corrected chi connectivity index (χ1v) is 11.6. The van der Waals surface area contributed by atoms with Gasteiger partial charge in [-0.25, -0.2) is 4.79 Å². The Bertz CT molecular complexity index is 1220. The Morgan fingerprint density at radius 3 is 2.46 bits per heavy atom. The van der Waals surface area contributed by atoms with Gasteiger partial charge in [-0.2, -0.15) is 0 Å². The van der Waals surface area contributed by atoms with Crippen LogP contribution in [0.1, 0.15) is 46.8 Å². The molecular formula is C26H25N3O6. The molecule has 180 valence electrons. The number of anilines is 1. The van der Waals surface area contributed by atoms with E-state index in [2.05, 4.69) is 22.6 Å². The minimum absolute atomic E-state index is 0.00432. The number of carboxylic acid groups (broad SMARTS) is 1. The van der Waals surface area contributed by atoms with Gasteiger partial charge in [0.15, 0.2) is 5.69 Å². The number of amides is 2. The van der Waals surface area contributed by atoms with Crippen LogP contribution in [0.25, 0.3) is 11.1 Å². The summed E-state index contributed by atoms with van der Waals surface area (Å²) in [5, 5.41) is 15.3. The van der Waals surface area contributed by atoms with Crippen molar-refractivity contribution in [2.75, 3.05) is 25.0 Å². The number of benzene rings is 2. The van der Waals surface area contributed by atoms with Crippen LogP contribution in [0.2, 0.25) is 0 Å². The monoisotopic (exact) mass is 475 g/mol. The molecule has 1 aliphatic heterocycles. The van der Waals surface area contributed by atoms with Crippen LogP contribution in [-0.2, 0) is 9.53 Å². The van der Waals surface area contributed by atoms with Crippen molar-refractivity contribution in [1.82, 2.24) is 10.1 Å². The normalized spacial score (nSPS) is 16.9. The molecule has 1 fully saturated rings. The number of fused-ring (bicyclic) bond motifs is 3. The van der Waals surface area contributed by atoms with Crippen LogP contribution in [0.15, 0.2) is 59.1 Å². The number of aromatic nitrogens is 1. The molecule has 35 heavy (non-hydrogen) atoms. The highest BCUT2D eigenvalue weighted by molar-refractivity contribution is 5.94. The van der Waals surface area contributed by atoms with Crippen molar-refractivity contribution in [1.29, 1.82) is 0 Å². The molecule has 3 aromatic rings. The van der Waals surface area contributed by atoms with Crippen LogP contribution < -0.4 is 5.32 Å². The Morgan fingerprint density at radius 1 is 1.09 bits per heavy atom. The van der Waals surface area contributed by atoms with Gasteiger partial charge in [0.25, 0.3) is 5.91 Å². The fraction of sp³-hybridized carbons (Fsp3) is 0.308. The highest BCUT2D eigenvalue weighted by Crippen LogP contribution is 2.44. The average molecular weight is 476 g/mol. The van der Waals surface area contributed by atoms with E-state index in [1.165, 1.54) is 6.07 Å². The molecule has 0 spiro atoms. The maximum Gasteiger partial charge on any atom is 0.414 e. The smallest absolute Gasteiger partial charge is 0.414 e. The van der Waals surface area contributed by atoms with Gasteiger partial charge in [0.2, 0.25) is 5.88 Å². The lowest BCUT2D eigenvalue weighted by Gasteiger charge is -2.31. The standard InChI is InChI=1S/C26H25N3O6/c30-24(31)12-16-6-5-11-29(14-16)25(32)22-13-23(35-28-22)27-26(33)34-15-21-19-9-3-1-7-17(19)18-8-2-4-10-20(18)21/h1-4,7-10,13,16,21H,5-6,11-12,14-15H2,(H,27,33)(H,30,31). The van der Waals surface area contributed by atoms with E-state index in [0.717, 1.165) is 35.1 Å². The number of hydrogen-bond acceptors (Lipinski definition) is 6. The lowest BCUT2D eigenvalue weighted by Crippen LogP contribution is -2.40. The molecule has 1 saturated heterocycles. The largest absolute Gasteiger partial charge is 0.481 e. The summed E-state index contributed by atoms with van der Waals surface area (Å²) in [6.07, 6.45) is 0.814. The zero-order chi connectivity index (χ0) is 24.4. The Labute approximate surface area is 201 Å². The van der Waals surface area contributed by atoms with Crippen LogP contribution >= 0.6 is 0 Å². The summed E-state index contributed by atoms with van der Waals surface area (Å²) in [5.74, 6) is -1.39. The van der Waals surface area contributed by atoms with Gasteiger partial charge in [0.05, 0.1) is 0 Å². The molecule has 1 aliphatic carbocycles. The molecule has 0 bridgehead atoms. The summed E-state index contributed by atoms with van der Waals surface area (Å²) >= 11 is 0. The van der Waals surface area contributed by atoms with E-state index in [4.69, 9.17) is 14.4 Å². The topological polar surface area (TPSA) is 122 Å². The van der Waals surface area contributed by atoms with Crippen molar-refractivity contribution in [3.05, 3.63) is 71.4 Å². The highest BCUT2D eigenvalue weighted by atomic mass is 16.6. The van der Waals surface area contributed by atoms with Gasteiger partial charge in [-0.15, -0.1) is 0 Å². The van der Waals surface area contributed by atoms with Gasteiger partial charge in [-0.1, -0.05) is 53.7 Å². The fourth-order valence-electron chi connectivity index (χ4n) is 5.00. The van der Waals surface area contributed by atoms with Crippen molar-refractivity contribution < 1.29 is 28.8 Å². The molecule has 1 atom stereocenters. The van der Waals surface area contributed by atoms with E-state index < -0.39 is 12.1 Å². The lowest BCUT2D eigenvalue weighted by molar-refractivity contribution is -0.138. The molecule has 2 N–H and O–H groups in total. The molecule has 9 nitrogen and oxygen atoms in total. The van der Waals surface area contributed by atoms with Crippen LogP contribution in [0.3, 0.4) is 0 Å². The number of aliphatic carboxylic acids is 1. The number of piperidine rings is 1. The Morgan fingerprint density at radius 2 is 1.77 bits per heavy atom. The molecule has 2 aliphatic rings. The molecule has 5 rings (SSSR count). The molecule has 2 amide bonds. The number of carboxylic acids is 1. The minimum Gasteiger partial charge on any atom is -0.481 e. The maximum atomic E-state index is 12.8. The summed E-state index contributed by atoms with van der Waals surface area (Å²) in [6.45, 7) is 1.03. The fourth-order valence-corrected chi connectivity index (χ4v) is 5.00. The average Bonchev–Trinajstić information content (AvgIpc) is 3.45. The first kappa shape index (κ1) is 22.6. The predicted octanol–water partition coefficient (Wildman–Crippen LogP) is 4.36. The van der Waals surface area contributed by atoms with Crippen molar-refractivity contribution >= 4 is 23.9 Å². The molecule has 9 heteroatoms. The Balaban J connectivity index is 1.19. The third-order valence-electron chi connectivity index (χ3n) is 6.57. The number of carbonyl (C=O) groups excluding carboxylic acids is 2. The highest BCUT2D eigenvalue weighted by Gasteiger charge is 2.30. The van der Waals surface area contributed by atoms with E-state index >= 15 is 0 Å². The number of carbonyl (C=O) groups is 3. The number of likely N-dealkylation sites (tertiary alicyclic amines) is 1. The molecular weight excluding hydrogens is 450 g/mol. The van der Waals surface area contributed by atoms with Crippen LogP contribution in [0, 0.1) is 5.92 Å². The third-order valence-corrected chi connectivity index (χ3v) is 6.57. The van der Waals surface area contributed by atoms with E-state index in [1.807, 2.05) is 36.4 Å². The summed E-state index contributed by atoms with van der Waals surface area (Å²) in [4.78, 5) is 37.8. The summed E-state index contributed by atoms with van der Waals surface area (Å²) in [5.41, 5.74) is 4.54. The zero-order valence-electron chi connectivity index (χ0n) is 19.0. The summed E-state index contributed by atoms with van der Waals surface area (Å²) < 4.78 is 10.6. The van der Waals surface area contributed by atoms with E-state index in [0.29, 0.717) is 13.1 Å². The van der Waals surface area contributed by atoms with Gasteiger partial charge < -0.3 is 19.3 Å². The number of nitrogens with one attached hydrogen (secondary N) is 1. The van der Waals surface area contributed by atoms with Gasteiger partial charge in [-0.05, 0) is 41.0 Å². The quantitative estimate of drug-likeness (QED) is 0.543. The molecule has 0 radical (unpaired) electrons. The number of ether oxygens (including phenoxy) is 1. The molecule has 2 heterocycles. The van der Waals surface area contributed by atoms with Gasteiger partial charge >= 0.3 is 12.1 Å². The minimum atomic E-state index is -0.875. The van der Waals surface area contributed by atoms with Crippen molar-refractivity contribution in [3.8, 4) is 11.1 Å². The van der Waals surface area contributed by atoms with Crippen LogP contribution in [-0.4, -0.2) is 52.8 Å². The zero-order valence-corrected chi connectivity index (χ0v) is 19.0. The first-order chi connectivity index (χ1) is 17.0. The number of nitrogens with zero attached hydrogens (tertiary/aromatic N) is 2. The number of rotatable bonds is 6. The predicted molar refractivity (Wildman–Crippen MR) is 126 cm³/mol. The van der Waals surface area contributed by atoms with Crippen molar-refractivity contribution in [2.45, 2.75) is 25.2 Å². The van der Waals surface area contributed by atoms with Crippen LogP contribution in [0.4, 0.5) is 10.7 Å². The summed E-state index contributed by atoms with van der Waals surface area (Å²) in [6, 6.07) is 17.5. The van der Waals surface area contributed by atoms with Crippen molar-refractivity contribution in [3.63, 3.8) is 0 Å². The SMILES string of the molecule is O=C(O)CC1CCCN(C(=O)c2cc(NC(=O)OCC3c4ccccc4-c4ccccc43)on2)C1. The Kier molecular flexibility index (Phi) is 6.22. The van der Waals surface area contributed by atoms with Gasteiger partial charge in [-0.3, -0.25) is 14.9 Å². The summed E-state index contributed by atoms with van der Waals surface area (Å²) in [7, 11) is 0. The maximum absolute atomic E-state index is 12.8. The molecule has 1 unspecified atom stereocenters. The van der Waals surface area contributed by atoms with Crippen LogP contribution in [0.5, 0.6) is 0 Å². The molecule has 1 aromatic heterocycles. The molecule has 0 saturated carbocycles. The number of hydrogen-bond donors (Lipinski definition) is 2. The molecule has 2 aromatic carbocycles. The second kappa shape index (κ2) is 9.61. The lowest BCUT2D eigenvalue weighted by atomic mass is 9.94. The van der Waals surface area contributed by atoms with Gasteiger partial charge in [0, 0.05) is 31.5 Å². The van der Waals surface area contributed by atoms with E-state index in [-0.39, 0.29) is 42.3 Å². The van der Waals surface area contributed by atoms with E-state index in [1.54, 1.807) is 4.90 Å². The Hall–Kier alpha value is -4.14. The van der Waals surface area contributed by atoms with Gasteiger partial charge in [0.1, 0.15) is 6.61 Å². The third kappa shape index (κ3) is 4.75. The van der Waals surface area contributed by atoms with Crippen molar-refractivity contribution in [2.24, 2.45) is 5.92 Å². The second-order valence-corrected chi connectivity index (χ2v) is 8.88. The second-order valence-electron chi connectivity index (χ2n) is 8.88. The first-order valence-electron chi connectivity index (χ1n) is 11.6. The van der Waals surface area contributed by atoms with E-state index in [9.17, 15) is 14.4 Å².